The Morgan fingerprint density at radius 2 is 2.06 bits per heavy atom. The minimum atomic E-state index is -0.861. The Hall–Kier alpha value is -3.68. The number of hydrogen-bond donors (Lipinski definition) is 3. The Labute approximate surface area is 194 Å². The Bertz CT molecular complexity index is 1300. The number of nitrogens with one attached hydrogen (secondary N) is 3. The third kappa shape index (κ3) is 3.46. The molecule has 3 amide bonds. The molecule has 3 aliphatic rings. The normalized spacial score (nSPS) is 22.4. The molecular formula is C25H29FN4O3. The minimum Gasteiger partial charge on any atom is -0.493 e. The molecule has 2 aromatic carbocycles. The van der Waals surface area contributed by atoms with Crippen LogP contribution in [0, 0.1) is 5.82 Å². The average Bonchev–Trinajstić information content (AvgIpc) is 3.30. The van der Waals surface area contributed by atoms with Gasteiger partial charge in [-0.1, -0.05) is 24.3 Å². The molecule has 8 heteroatoms. The lowest BCUT2D eigenvalue weighted by Crippen LogP contribution is -2.50. The van der Waals surface area contributed by atoms with Crippen LogP contribution in [0.5, 0.6) is 5.75 Å². The highest BCUT2D eigenvalue weighted by Crippen LogP contribution is 2.45. The van der Waals surface area contributed by atoms with E-state index < -0.39 is 29.3 Å². The molecule has 174 valence electrons. The molecule has 3 aromatic rings. The molecule has 2 aliphatic heterocycles. The molecule has 7 nitrogen and oxygen atoms in total. The molecule has 2 atom stereocenters. The number of carbonyl (C=O) groups excluding carboxylic acids is 2. The zero-order valence-electron chi connectivity index (χ0n) is 17.9. The van der Waals surface area contributed by atoms with Crippen molar-refractivity contribution in [1.29, 1.82) is 0 Å². The van der Waals surface area contributed by atoms with E-state index in [9.17, 15) is 14.0 Å². The summed E-state index contributed by atoms with van der Waals surface area (Å²) in [6.45, 7) is 0.784. The molecule has 1 aliphatic carbocycles. The van der Waals surface area contributed by atoms with Crippen LogP contribution in [0.3, 0.4) is 0 Å². The van der Waals surface area contributed by atoms with Gasteiger partial charge in [0.25, 0.3) is 0 Å². The smallest absolute Gasteiger partial charge is 0.316 e. The maximum Gasteiger partial charge on any atom is 0.316 e. The average molecular weight is 453 g/mol. The van der Waals surface area contributed by atoms with Crippen LogP contribution < -0.4 is 20.7 Å². The van der Waals surface area contributed by atoms with Crippen molar-refractivity contribution in [3.05, 3.63) is 71.2 Å². The van der Waals surface area contributed by atoms with E-state index in [2.05, 4.69) is 16.0 Å². The van der Waals surface area contributed by atoms with Crippen LogP contribution in [-0.4, -0.2) is 36.1 Å². The Kier molecular flexibility index (Phi) is 4.50. The number of para-hydroxylation sites is 1. The van der Waals surface area contributed by atoms with E-state index in [1.807, 2.05) is 36.4 Å². The molecule has 3 heterocycles. The van der Waals surface area contributed by atoms with Crippen molar-refractivity contribution in [2.24, 2.45) is 0 Å². The molecular weight excluding hydrogens is 423 g/mol. The fourth-order valence-corrected chi connectivity index (χ4v) is 4.88. The van der Waals surface area contributed by atoms with Crippen LogP contribution in [0.2, 0.25) is 0 Å². The fraction of sp³-hybridized carbons (Fsp3) is 0.320. The molecule has 0 bridgehead atoms. The highest BCUT2D eigenvalue weighted by molar-refractivity contribution is 5.90. The molecule has 1 aromatic heterocycles. The summed E-state index contributed by atoms with van der Waals surface area (Å²) in [5.41, 5.74) is 2.46. The number of hydrogen-bond acceptors (Lipinski definition) is 4. The summed E-state index contributed by atoms with van der Waals surface area (Å²) >= 11 is 0. The van der Waals surface area contributed by atoms with Gasteiger partial charge in [-0.25, -0.2) is 9.18 Å². The van der Waals surface area contributed by atoms with Gasteiger partial charge in [0.05, 0.1) is 23.4 Å². The Balaban J connectivity index is 0.00000120. The molecule has 33 heavy (non-hydrogen) atoms. The van der Waals surface area contributed by atoms with Gasteiger partial charge >= 0.3 is 6.03 Å². The van der Waals surface area contributed by atoms with E-state index in [0.717, 1.165) is 35.0 Å². The number of urea groups is 1. The van der Waals surface area contributed by atoms with Gasteiger partial charge in [-0.05, 0) is 42.2 Å². The Morgan fingerprint density at radius 1 is 1.21 bits per heavy atom. The van der Waals surface area contributed by atoms with Crippen molar-refractivity contribution < 1.29 is 23.0 Å². The summed E-state index contributed by atoms with van der Waals surface area (Å²) in [4.78, 5) is 30.2. The zero-order valence-corrected chi connectivity index (χ0v) is 17.9. The number of aromatic nitrogens is 1. The van der Waals surface area contributed by atoms with E-state index >= 15 is 0 Å². The van der Waals surface area contributed by atoms with Crippen LogP contribution in [0.15, 0.2) is 48.5 Å². The van der Waals surface area contributed by atoms with Gasteiger partial charge in [-0.15, -0.1) is 0 Å². The standard InChI is InChI=1S/C25H23FN4O3.3H2/c26-18-12-20-15(7-10-33-20)11-16(18)17-13-27-23(31)22(17)29-24(32)30-25(8-9-25)21-6-5-14-3-1-2-4-19(14)28-21;;;/h1-6,11-12,17,22H,7-10,13H2,(H,27,31)(H2,29,30,32);3*1H/t17-,22-;;;/m0.../s1. The van der Waals surface area contributed by atoms with Crippen molar-refractivity contribution in [2.75, 3.05) is 13.2 Å². The summed E-state index contributed by atoms with van der Waals surface area (Å²) in [5.74, 6) is -0.694. The predicted octanol–water partition coefficient (Wildman–Crippen LogP) is 3.62. The van der Waals surface area contributed by atoms with E-state index in [0.29, 0.717) is 24.3 Å². The number of halogens is 1. The first-order valence-electron chi connectivity index (χ1n) is 11.2. The maximum atomic E-state index is 14.8. The fourth-order valence-electron chi connectivity index (χ4n) is 4.88. The zero-order chi connectivity index (χ0) is 22.6. The number of fused-ring (bicyclic) bond motifs is 2. The summed E-state index contributed by atoms with van der Waals surface area (Å²) in [6, 6.07) is 13.6. The monoisotopic (exact) mass is 452 g/mol. The van der Waals surface area contributed by atoms with Crippen LogP contribution in [0.25, 0.3) is 10.9 Å². The first-order valence-corrected chi connectivity index (χ1v) is 11.2. The van der Waals surface area contributed by atoms with Crippen molar-refractivity contribution >= 4 is 22.8 Å². The van der Waals surface area contributed by atoms with Crippen LogP contribution in [-0.2, 0) is 16.8 Å². The van der Waals surface area contributed by atoms with Crippen LogP contribution in [0.1, 0.15) is 39.9 Å². The van der Waals surface area contributed by atoms with Gasteiger partial charge < -0.3 is 20.7 Å². The van der Waals surface area contributed by atoms with Gasteiger partial charge in [0, 0.05) is 34.6 Å². The van der Waals surface area contributed by atoms with Gasteiger partial charge in [-0.3, -0.25) is 9.78 Å². The number of nitrogens with zero attached hydrogens (tertiary/aromatic N) is 1. The molecule has 0 unspecified atom stereocenters. The minimum absolute atomic E-state index is 0. The second kappa shape index (κ2) is 7.43. The summed E-state index contributed by atoms with van der Waals surface area (Å²) < 4.78 is 20.2. The van der Waals surface area contributed by atoms with Crippen molar-refractivity contribution in [3.8, 4) is 5.75 Å². The predicted molar refractivity (Wildman–Crippen MR) is 126 cm³/mol. The topological polar surface area (TPSA) is 92.4 Å². The lowest BCUT2D eigenvalue weighted by atomic mass is 9.91. The number of rotatable bonds is 4. The molecule has 3 N–H and O–H groups in total. The summed E-state index contributed by atoms with van der Waals surface area (Å²) in [7, 11) is 0. The molecule has 0 radical (unpaired) electrons. The first-order chi connectivity index (χ1) is 16.0. The van der Waals surface area contributed by atoms with Gasteiger partial charge in [0.2, 0.25) is 5.91 Å². The number of carbonyl (C=O) groups is 2. The molecule has 1 saturated carbocycles. The third-order valence-electron chi connectivity index (χ3n) is 6.87. The number of amides is 3. The molecule has 2 fully saturated rings. The maximum absolute atomic E-state index is 14.8. The van der Waals surface area contributed by atoms with Crippen molar-refractivity contribution in [2.45, 2.75) is 36.8 Å². The number of benzene rings is 2. The lowest BCUT2D eigenvalue weighted by Gasteiger charge is -2.23. The third-order valence-corrected chi connectivity index (χ3v) is 6.87. The highest BCUT2D eigenvalue weighted by Gasteiger charge is 2.48. The van der Waals surface area contributed by atoms with Gasteiger partial charge in [0.1, 0.15) is 17.6 Å². The Morgan fingerprint density at radius 3 is 2.91 bits per heavy atom. The highest BCUT2D eigenvalue weighted by atomic mass is 19.1. The summed E-state index contributed by atoms with van der Waals surface area (Å²) in [5, 5.41) is 9.60. The first kappa shape index (κ1) is 20.0. The number of ether oxygens (including phenoxy) is 1. The molecule has 0 spiro atoms. The largest absolute Gasteiger partial charge is 0.493 e. The van der Waals surface area contributed by atoms with Gasteiger partial charge in [0.15, 0.2) is 0 Å². The van der Waals surface area contributed by atoms with Crippen molar-refractivity contribution in [1.82, 2.24) is 20.9 Å². The second-order valence-corrected chi connectivity index (χ2v) is 8.98. The SMILES string of the molecule is O=C(N[C@@H]1C(=O)NC[C@H]1c1cc2c(cc1F)OCC2)NC1(c2ccc3ccccc3n2)CC1.[HH].[HH].[HH]. The lowest BCUT2D eigenvalue weighted by molar-refractivity contribution is -0.120. The summed E-state index contributed by atoms with van der Waals surface area (Å²) in [6.07, 6.45) is 2.24. The van der Waals surface area contributed by atoms with E-state index in [1.165, 1.54) is 6.07 Å². The molecule has 1 saturated heterocycles. The number of pyridine rings is 1. The van der Waals surface area contributed by atoms with E-state index in [1.54, 1.807) is 6.07 Å². The van der Waals surface area contributed by atoms with Gasteiger partial charge in [-0.2, -0.15) is 0 Å². The molecule has 6 rings (SSSR count). The van der Waals surface area contributed by atoms with E-state index in [-0.39, 0.29) is 16.7 Å². The quantitative estimate of drug-likeness (QED) is 0.564. The second-order valence-electron chi connectivity index (χ2n) is 8.98. The van der Waals surface area contributed by atoms with E-state index in [4.69, 9.17) is 9.72 Å². The van der Waals surface area contributed by atoms with Crippen LogP contribution >= 0.6 is 0 Å². The van der Waals surface area contributed by atoms with Crippen molar-refractivity contribution in [3.63, 3.8) is 0 Å². The van der Waals surface area contributed by atoms with Crippen LogP contribution in [0.4, 0.5) is 9.18 Å².